The second-order valence-corrected chi connectivity index (χ2v) is 7.26. The minimum absolute atomic E-state index is 0.0844. The third-order valence-corrected chi connectivity index (χ3v) is 4.71. The zero-order valence-electron chi connectivity index (χ0n) is 15.4. The Balaban J connectivity index is 1.27. The molecule has 0 bridgehead atoms. The van der Waals surface area contributed by atoms with Gasteiger partial charge < -0.3 is 14.8 Å². The highest BCUT2D eigenvalue weighted by atomic mass is 79.9. The van der Waals surface area contributed by atoms with Crippen LogP contribution in [0.25, 0.3) is 10.8 Å². The molecule has 0 saturated heterocycles. The van der Waals surface area contributed by atoms with Crippen LogP contribution in [-0.4, -0.2) is 22.3 Å². The van der Waals surface area contributed by atoms with E-state index in [2.05, 4.69) is 26.3 Å². The van der Waals surface area contributed by atoms with E-state index in [1.807, 2.05) is 66.7 Å². The first-order chi connectivity index (χ1) is 14.2. The first-order valence-electron chi connectivity index (χ1n) is 8.98. The second kappa shape index (κ2) is 8.79. The molecule has 0 fully saturated rings. The fraction of sp³-hybridized carbons (Fsp3) is 0.0909. The Labute approximate surface area is 176 Å². The van der Waals surface area contributed by atoms with Crippen LogP contribution in [0.1, 0.15) is 0 Å². The predicted molar refractivity (Wildman–Crippen MR) is 115 cm³/mol. The number of carbonyl (C=O) groups is 1. The largest absolute Gasteiger partial charge is 0.484 e. The minimum Gasteiger partial charge on any atom is -0.484 e. The molecule has 1 N–H and O–H groups in total. The van der Waals surface area contributed by atoms with Crippen molar-refractivity contribution in [1.82, 2.24) is 9.78 Å². The van der Waals surface area contributed by atoms with Crippen LogP contribution in [0, 0.1) is 0 Å². The fourth-order valence-corrected chi connectivity index (χ4v) is 3.04. The lowest BCUT2D eigenvalue weighted by Crippen LogP contribution is -2.19. The van der Waals surface area contributed by atoms with Gasteiger partial charge in [0.2, 0.25) is 0 Å². The molecule has 6 nitrogen and oxygen atoms in total. The van der Waals surface area contributed by atoms with Gasteiger partial charge in [0, 0.05) is 4.47 Å². The van der Waals surface area contributed by atoms with Crippen LogP contribution in [-0.2, 0) is 11.5 Å². The van der Waals surface area contributed by atoms with Crippen molar-refractivity contribution in [3.05, 3.63) is 83.6 Å². The lowest BCUT2D eigenvalue weighted by molar-refractivity contribution is -0.118. The predicted octanol–water partition coefficient (Wildman–Crippen LogP) is 4.85. The molecule has 146 valence electrons. The maximum absolute atomic E-state index is 12.2. The zero-order valence-corrected chi connectivity index (χ0v) is 17.0. The van der Waals surface area contributed by atoms with E-state index in [4.69, 9.17) is 9.47 Å². The minimum atomic E-state index is -0.258. The van der Waals surface area contributed by atoms with Crippen molar-refractivity contribution in [1.29, 1.82) is 0 Å². The van der Waals surface area contributed by atoms with Crippen molar-refractivity contribution in [2.24, 2.45) is 0 Å². The highest BCUT2D eigenvalue weighted by Gasteiger charge is 2.07. The van der Waals surface area contributed by atoms with Gasteiger partial charge in [-0.1, -0.05) is 46.3 Å². The van der Waals surface area contributed by atoms with Crippen molar-refractivity contribution in [2.45, 2.75) is 6.73 Å². The molecule has 0 unspecified atom stereocenters. The Morgan fingerprint density at radius 3 is 2.55 bits per heavy atom. The summed E-state index contributed by atoms with van der Waals surface area (Å²) < 4.78 is 13.8. The van der Waals surface area contributed by atoms with Gasteiger partial charge in [0.1, 0.15) is 11.5 Å². The third-order valence-electron chi connectivity index (χ3n) is 4.18. The lowest BCUT2D eigenvalue weighted by atomic mass is 10.1. The van der Waals surface area contributed by atoms with Crippen LogP contribution in [0.4, 0.5) is 5.69 Å². The van der Waals surface area contributed by atoms with Crippen LogP contribution in [0.2, 0.25) is 0 Å². The van der Waals surface area contributed by atoms with Gasteiger partial charge in [-0.05, 0) is 47.2 Å². The molecule has 4 rings (SSSR count). The molecule has 0 saturated carbocycles. The molecule has 1 amide bonds. The van der Waals surface area contributed by atoms with Gasteiger partial charge in [-0.25, -0.2) is 4.68 Å². The fourth-order valence-electron chi connectivity index (χ4n) is 2.77. The van der Waals surface area contributed by atoms with E-state index < -0.39 is 0 Å². The maximum atomic E-state index is 12.2. The Morgan fingerprint density at radius 1 is 0.966 bits per heavy atom. The Morgan fingerprint density at radius 2 is 1.72 bits per heavy atom. The summed E-state index contributed by atoms with van der Waals surface area (Å²) >= 11 is 3.38. The first kappa shape index (κ1) is 19.0. The number of halogens is 1. The maximum Gasteiger partial charge on any atom is 0.262 e. The highest BCUT2D eigenvalue weighted by Crippen LogP contribution is 2.20. The molecular formula is C22H18BrN3O3. The number of fused-ring (bicyclic) bond motifs is 1. The monoisotopic (exact) mass is 451 g/mol. The van der Waals surface area contributed by atoms with Gasteiger partial charge in [0.25, 0.3) is 5.91 Å². The molecule has 0 aliphatic carbocycles. The summed E-state index contributed by atoms with van der Waals surface area (Å²) in [7, 11) is 0. The summed E-state index contributed by atoms with van der Waals surface area (Å²) in [6.45, 7) is 0.157. The molecule has 0 atom stereocenters. The summed E-state index contributed by atoms with van der Waals surface area (Å²) in [4.78, 5) is 12.2. The van der Waals surface area contributed by atoms with E-state index in [9.17, 15) is 4.79 Å². The zero-order chi connectivity index (χ0) is 20.1. The average Bonchev–Trinajstić information content (AvgIpc) is 3.19. The SMILES string of the molecule is O=C(COc1ccc2ccccc2c1)Nc1cnn(COc2ccc(Br)cc2)c1. The van der Waals surface area contributed by atoms with Crippen LogP contribution >= 0.6 is 15.9 Å². The molecule has 3 aromatic carbocycles. The number of hydrogen-bond acceptors (Lipinski definition) is 4. The van der Waals surface area contributed by atoms with Gasteiger partial charge in [0.05, 0.1) is 18.1 Å². The van der Waals surface area contributed by atoms with Crippen LogP contribution in [0.3, 0.4) is 0 Å². The Kier molecular flexibility index (Phi) is 5.76. The van der Waals surface area contributed by atoms with E-state index in [-0.39, 0.29) is 19.2 Å². The van der Waals surface area contributed by atoms with E-state index in [0.29, 0.717) is 11.4 Å². The van der Waals surface area contributed by atoms with Gasteiger partial charge in [-0.15, -0.1) is 0 Å². The number of nitrogens with one attached hydrogen (secondary N) is 1. The molecule has 1 aromatic heterocycles. The molecule has 1 heterocycles. The van der Waals surface area contributed by atoms with Crippen LogP contribution < -0.4 is 14.8 Å². The second-order valence-electron chi connectivity index (χ2n) is 6.34. The van der Waals surface area contributed by atoms with E-state index in [1.165, 1.54) is 0 Å². The van der Waals surface area contributed by atoms with E-state index in [1.54, 1.807) is 17.1 Å². The van der Waals surface area contributed by atoms with Crippen molar-refractivity contribution < 1.29 is 14.3 Å². The molecule has 0 aliphatic heterocycles. The Hall–Kier alpha value is -3.32. The van der Waals surface area contributed by atoms with E-state index in [0.717, 1.165) is 21.0 Å². The molecule has 4 aromatic rings. The number of amides is 1. The number of rotatable bonds is 7. The van der Waals surface area contributed by atoms with Gasteiger partial charge >= 0.3 is 0 Å². The topological polar surface area (TPSA) is 65.4 Å². The third kappa shape index (κ3) is 5.14. The standard InChI is InChI=1S/C22H18BrN3O3/c23-18-6-9-20(10-7-18)29-15-26-13-19(12-24-26)25-22(27)14-28-21-8-5-16-3-1-2-4-17(16)11-21/h1-13H,14-15H2,(H,25,27). The number of benzene rings is 3. The average molecular weight is 452 g/mol. The lowest BCUT2D eigenvalue weighted by Gasteiger charge is -2.07. The molecule has 0 spiro atoms. The number of hydrogen-bond donors (Lipinski definition) is 1. The summed E-state index contributed by atoms with van der Waals surface area (Å²) in [6, 6.07) is 21.3. The molecular weight excluding hydrogens is 434 g/mol. The van der Waals surface area contributed by atoms with Crippen molar-refractivity contribution in [2.75, 3.05) is 11.9 Å². The normalized spacial score (nSPS) is 10.7. The number of aromatic nitrogens is 2. The van der Waals surface area contributed by atoms with Gasteiger partial charge in [0.15, 0.2) is 13.3 Å². The number of ether oxygens (including phenoxy) is 2. The van der Waals surface area contributed by atoms with Gasteiger partial charge in [-0.3, -0.25) is 4.79 Å². The van der Waals surface area contributed by atoms with Crippen molar-refractivity contribution in [3.8, 4) is 11.5 Å². The quantitative estimate of drug-likeness (QED) is 0.435. The molecule has 0 aliphatic rings. The van der Waals surface area contributed by atoms with E-state index >= 15 is 0 Å². The molecule has 29 heavy (non-hydrogen) atoms. The van der Waals surface area contributed by atoms with Crippen LogP contribution in [0.5, 0.6) is 11.5 Å². The summed E-state index contributed by atoms with van der Waals surface area (Å²) in [6.07, 6.45) is 3.27. The first-order valence-corrected chi connectivity index (χ1v) is 9.77. The van der Waals surface area contributed by atoms with Crippen molar-refractivity contribution in [3.63, 3.8) is 0 Å². The molecule has 7 heteroatoms. The summed E-state index contributed by atoms with van der Waals surface area (Å²) in [5.41, 5.74) is 0.580. The number of carbonyl (C=O) groups excluding carboxylic acids is 1. The summed E-state index contributed by atoms with van der Waals surface area (Å²) in [5.74, 6) is 1.13. The highest BCUT2D eigenvalue weighted by molar-refractivity contribution is 9.10. The molecule has 0 radical (unpaired) electrons. The van der Waals surface area contributed by atoms with Crippen LogP contribution in [0.15, 0.2) is 83.6 Å². The van der Waals surface area contributed by atoms with Gasteiger partial charge in [-0.2, -0.15) is 5.10 Å². The number of nitrogens with zero attached hydrogens (tertiary/aromatic N) is 2. The summed E-state index contributed by atoms with van der Waals surface area (Å²) in [5, 5.41) is 9.14. The van der Waals surface area contributed by atoms with Crippen molar-refractivity contribution >= 4 is 38.3 Å². The Bertz CT molecular complexity index is 1130. The smallest absolute Gasteiger partial charge is 0.262 e. The number of anilines is 1.